The fraction of sp³-hybridized carbons (Fsp3) is 0.237. The van der Waals surface area contributed by atoms with E-state index in [2.05, 4.69) is 36.1 Å². The first-order chi connectivity index (χ1) is 26.7. The van der Waals surface area contributed by atoms with Gasteiger partial charge in [-0.25, -0.2) is 13.5 Å². The predicted molar refractivity (Wildman–Crippen MR) is 191 cm³/mol. The van der Waals surface area contributed by atoms with Gasteiger partial charge < -0.3 is 35.5 Å². The molecule has 2 aliphatic heterocycles. The number of anilines is 2. The third-order valence-corrected chi connectivity index (χ3v) is 8.37. The van der Waals surface area contributed by atoms with Crippen molar-refractivity contribution in [2.45, 2.75) is 18.8 Å². The Morgan fingerprint density at radius 2 is 1.45 bits per heavy atom. The highest BCUT2D eigenvalue weighted by atomic mass is 19.3. The molecule has 0 bridgehead atoms. The van der Waals surface area contributed by atoms with E-state index in [-0.39, 0.29) is 40.6 Å². The van der Waals surface area contributed by atoms with Crippen molar-refractivity contribution >= 4 is 23.2 Å². The molecular formula is C38H34F4N8O5. The van der Waals surface area contributed by atoms with Crippen molar-refractivity contribution in [1.29, 1.82) is 5.26 Å². The summed E-state index contributed by atoms with van der Waals surface area (Å²) in [6, 6.07) is 19.7. The number of ether oxygens (including phenoxy) is 3. The van der Waals surface area contributed by atoms with Gasteiger partial charge in [-0.3, -0.25) is 14.6 Å². The van der Waals surface area contributed by atoms with E-state index in [1.165, 1.54) is 83.9 Å². The number of nitriles is 1. The van der Waals surface area contributed by atoms with Crippen LogP contribution in [-0.4, -0.2) is 72.6 Å². The van der Waals surface area contributed by atoms with Crippen LogP contribution >= 0.6 is 0 Å². The highest BCUT2D eigenvalue weighted by molar-refractivity contribution is 6.04. The molecule has 0 radical (unpaired) electrons. The van der Waals surface area contributed by atoms with Gasteiger partial charge in [-0.05, 0) is 71.8 Å². The zero-order chi connectivity index (χ0) is 38.7. The Labute approximate surface area is 312 Å². The zero-order valence-corrected chi connectivity index (χ0v) is 29.0. The average Bonchev–Trinajstić information content (AvgIpc) is 3.71. The second-order valence-corrected chi connectivity index (χ2v) is 12.1. The van der Waals surface area contributed by atoms with Gasteiger partial charge in [-0.2, -0.15) is 19.1 Å². The van der Waals surface area contributed by atoms with E-state index >= 15 is 0 Å². The molecule has 0 saturated carbocycles. The van der Waals surface area contributed by atoms with Crippen LogP contribution in [0.1, 0.15) is 49.7 Å². The Morgan fingerprint density at radius 3 is 1.98 bits per heavy atom. The number of pyridine rings is 1. The smallest absolute Gasteiger partial charge is 0.387 e. The highest BCUT2D eigenvalue weighted by Gasteiger charge is 2.20. The summed E-state index contributed by atoms with van der Waals surface area (Å²) < 4.78 is 70.1. The minimum Gasteiger partial charge on any atom is -0.435 e. The SMILES string of the molecule is N#Cc1ccnc(C(=O)Nc2ccc([C@H]3CNCCO3)cc2F)c1.O=C(Nc1ccc([C@H]2CNCCO2)cc1F)c1cnn(-c2ccc(OC(F)F)cc2)c1. The molecule has 55 heavy (non-hydrogen) atoms. The number of halogens is 4. The average molecular weight is 759 g/mol. The van der Waals surface area contributed by atoms with E-state index in [4.69, 9.17) is 14.7 Å². The van der Waals surface area contributed by atoms with Crippen molar-refractivity contribution in [3.63, 3.8) is 0 Å². The van der Waals surface area contributed by atoms with Crippen molar-refractivity contribution < 1.29 is 41.4 Å². The van der Waals surface area contributed by atoms with Crippen molar-refractivity contribution in [3.8, 4) is 17.5 Å². The Hall–Kier alpha value is -6.19. The number of amides is 2. The van der Waals surface area contributed by atoms with Gasteiger partial charge in [0, 0.05) is 38.6 Å². The molecule has 0 aliphatic carbocycles. The summed E-state index contributed by atoms with van der Waals surface area (Å²) in [6.45, 7) is 0.973. The van der Waals surface area contributed by atoms with Crippen molar-refractivity contribution in [3.05, 3.63) is 131 Å². The van der Waals surface area contributed by atoms with E-state index in [1.54, 1.807) is 12.1 Å². The molecule has 2 fully saturated rings. The molecule has 4 N–H and O–H groups in total. The second-order valence-electron chi connectivity index (χ2n) is 12.1. The quantitative estimate of drug-likeness (QED) is 0.141. The molecule has 284 valence electrons. The maximum atomic E-state index is 14.5. The van der Waals surface area contributed by atoms with Crippen LogP contribution in [0.3, 0.4) is 0 Å². The summed E-state index contributed by atoms with van der Waals surface area (Å²) in [4.78, 5) is 28.5. The number of carbonyl (C=O) groups is 2. The van der Waals surface area contributed by atoms with Crippen molar-refractivity contribution in [2.24, 2.45) is 0 Å². The maximum Gasteiger partial charge on any atom is 0.387 e. The number of hydrogen-bond acceptors (Lipinski definition) is 10. The molecule has 4 heterocycles. The number of alkyl halides is 2. The van der Waals surface area contributed by atoms with Crippen molar-refractivity contribution in [2.75, 3.05) is 50.0 Å². The first-order valence-electron chi connectivity index (χ1n) is 17.0. The molecular weight excluding hydrogens is 724 g/mol. The fourth-order valence-electron chi connectivity index (χ4n) is 5.59. The third-order valence-electron chi connectivity index (χ3n) is 8.37. The Bertz CT molecular complexity index is 2150. The molecule has 7 rings (SSSR count). The molecule has 0 spiro atoms. The number of nitrogens with one attached hydrogen (secondary N) is 4. The second kappa shape index (κ2) is 18.2. The molecule has 2 saturated heterocycles. The lowest BCUT2D eigenvalue weighted by atomic mass is 10.1. The lowest BCUT2D eigenvalue weighted by molar-refractivity contribution is -0.0498. The van der Waals surface area contributed by atoms with Crippen LogP contribution in [0.5, 0.6) is 5.75 Å². The van der Waals surface area contributed by atoms with Crippen LogP contribution in [0.4, 0.5) is 28.9 Å². The standard InChI is InChI=1S/C21H19F3N4O3.C17H15FN4O2/c22-17-9-13(19-11-25-7-8-30-19)1-6-18(17)27-20(29)14-10-26-28(12-14)15-2-4-16(5-3-15)31-21(23)24;18-13-8-12(16-10-20-5-6-24-16)1-2-14(13)22-17(23)15-7-11(9-19)3-4-21-15/h1-6,9-10,12,19,21,25H,7-8,11H2,(H,27,29);1-4,7-8,16,20H,5-6,10H2,(H,22,23)/t19-;16-/m11/s1. The summed E-state index contributed by atoms with van der Waals surface area (Å²) in [6.07, 6.45) is 3.70. The van der Waals surface area contributed by atoms with E-state index in [9.17, 15) is 27.2 Å². The summed E-state index contributed by atoms with van der Waals surface area (Å²) in [5, 5.41) is 24.3. The Balaban J connectivity index is 0.000000193. The molecule has 13 nitrogen and oxygen atoms in total. The van der Waals surface area contributed by atoms with Gasteiger partial charge in [0.05, 0.1) is 65.9 Å². The lowest BCUT2D eigenvalue weighted by Gasteiger charge is -2.24. The van der Waals surface area contributed by atoms with Crippen LogP contribution in [0, 0.1) is 23.0 Å². The highest BCUT2D eigenvalue weighted by Crippen LogP contribution is 2.26. The fourth-order valence-corrected chi connectivity index (χ4v) is 5.59. The number of carbonyl (C=O) groups excluding carboxylic acids is 2. The van der Waals surface area contributed by atoms with Crippen LogP contribution in [0.2, 0.25) is 0 Å². The summed E-state index contributed by atoms with van der Waals surface area (Å²) in [5.41, 5.74) is 2.60. The van der Waals surface area contributed by atoms with Crippen LogP contribution in [0.15, 0.2) is 91.4 Å². The maximum absolute atomic E-state index is 14.5. The lowest BCUT2D eigenvalue weighted by Crippen LogP contribution is -2.33. The van der Waals surface area contributed by atoms with Gasteiger partial charge in [-0.15, -0.1) is 0 Å². The van der Waals surface area contributed by atoms with E-state index in [1.807, 2.05) is 6.07 Å². The van der Waals surface area contributed by atoms with Gasteiger partial charge in [0.25, 0.3) is 11.8 Å². The minimum absolute atomic E-state index is 0.0113. The monoisotopic (exact) mass is 758 g/mol. The number of benzene rings is 3. The zero-order valence-electron chi connectivity index (χ0n) is 29.0. The molecule has 17 heteroatoms. The molecule has 5 aromatic rings. The largest absolute Gasteiger partial charge is 0.435 e. The number of rotatable bonds is 9. The van der Waals surface area contributed by atoms with Crippen LogP contribution < -0.4 is 26.0 Å². The molecule has 2 aliphatic rings. The molecule has 2 amide bonds. The normalized spacial score (nSPS) is 16.7. The molecule has 3 aromatic carbocycles. The first kappa shape index (κ1) is 38.5. The van der Waals surface area contributed by atoms with E-state index in [0.717, 1.165) is 13.1 Å². The molecule has 0 unspecified atom stereocenters. The predicted octanol–water partition coefficient (Wildman–Crippen LogP) is 5.53. The summed E-state index contributed by atoms with van der Waals surface area (Å²) in [5.74, 6) is -2.22. The van der Waals surface area contributed by atoms with Crippen LogP contribution in [0.25, 0.3) is 5.69 Å². The van der Waals surface area contributed by atoms with Gasteiger partial charge >= 0.3 is 6.61 Å². The van der Waals surface area contributed by atoms with Crippen molar-refractivity contribution in [1.82, 2.24) is 25.4 Å². The summed E-state index contributed by atoms with van der Waals surface area (Å²) >= 11 is 0. The molecule has 2 aromatic heterocycles. The van der Waals surface area contributed by atoms with E-state index < -0.39 is 30.1 Å². The van der Waals surface area contributed by atoms with Crippen LogP contribution in [-0.2, 0) is 9.47 Å². The number of nitrogens with zero attached hydrogens (tertiary/aromatic N) is 4. The minimum atomic E-state index is -2.91. The van der Waals surface area contributed by atoms with Gasteiger partial charge in [-0.1, -0.05) is 12.1 Å². The first-order valence-corrected chi connectivity index (χ1v) is 17.0. The van der Waals surface area contributed by atoms with Gasteiger partial charge in [0.15, 0.2) is 0 Å². The number of morpholine rings is 2. The van der Waals surface area contributed by atoms with E-state index in [0.29, 0.717) is 48.7 Å². The number of hydrogen-bond donors (Lipinski definition) is 4. The third kappa shape index (κ3) is 10.3. The molecule has 2 atom stereocenters. The number of aromatic nitrogens is 3. The summed E-state index contributed by atoms with van der Waals surface area (Å²) in [7, 11) is 0. The Morgan fingerprint density at radius 1 is 0.855 bits per heavy atom. The van der Waals surface area contributed by atoms with Gasteiger partial charge in [0.2, 0.25) is 0 Å². The topological polar surface area (TPSA) is 164 Å². The Kier molecular flexibility index (Phi) is 12.8. The van der Waals surface area contributed by atoms with Gasteiger partial charge in [0.1, 0.15) is 23.1 Å².